The first-order valence-corrected chi connectivity index (χ1v) is 12.0. The summed E-state index contributed by atoms with van der Waals surface area (Å²) in [5.74, 6) is 0.220. The Labute approximate surface area is 208 Å². The third-order valence-corrected chi connectivity index (χ3v) is 6.37. The number of methoxy groups -OCH3 is 1. The molecule has 1 saturated heterocycles. The van der Waals surface area contributed by atoms with E-state index in [-0.39, 0.29) is 23.8 Å². The SMILES string of the molecule is C=C/C(=C\C=C(/C)C1CC(C(=O)Nc2ccccc2)CN(C(=O)Nc2ccccc2OC)C1)CC. The molecule has 184 valence electrons. The van der Waals surface area contributed by atoms with E-state index in [2.05, 4.69) is 43.2 Å². The largest absolute Gasteiger partial charge is 0.495 e. The maximum Gasteiger partial charge on any atom is 0.321 e. The van der Waals surface area contributed by atoms with Crippen LogP contribution in [-0.2, 0) is 4.79 Å². The number of allylic oxidation sites excluding steroid dienone is 4. The fraction of sp³-hybridized carbons (Fsp3) is 0.310. The molecule has 3 rings (SSSR count). The Balaban J connectivity index is 1.82. The van der Waals surface area contributed by atoms with Gasteiger partial charge in [-0.3, -0.25) is 4.79 Å². The number of amides is 3. The number of likely N-dealkylation sites (tertiary alicyclic amines) is 1. The summed E-state index contributed by atoms with van der Waals surface area (Å²) in [5, 5.41) is 5.96. The van der Waals surface area contributed by atoms with E-state index < -0.39 is 0 Å². The predicted molar refractivity (Wildman–Crippen MR) is 143 cm³/mol. The summed E-state index contributed by atoms with van der Waals surface area (Å²) in [6, 6.07) is 16.5. The molecule has 2 aromatic rings. The van der Waals surface area contributed by atoms with Gasteiger partial charge in [0.1, 0.15) is 5.75 Å². The number of carbonyl (C=O) groups excluding carboxylic acids is 2. The number of ether oxygens (including phenoxy) is 1. The van der Waals surface area contributed by atoms with Gasteiger partial charge in [-0.25, -0.2) is 4.79 Å². The molecule has 1 aliphatic rings. The average molecular weight is 474 g/mol. The van der Waals surface area contributed by atoms with E-state index >= 15 is 0 Å². The molecule has 2 unspecified atom stereocenters. The van der Waals surface area contributed by atoms with Crippen LogP contribution in [-0.4, -0.2) is 37.0 Å². The van der Waals surface area contributed by atoms with Crippen molar-refractivity contribution >= 4 is 23.3 Å². The smallest absolute Gasteiger partial charge is 0.321 e. The number of nitrogens with one attached hydrogen (secondary N) is 2. The minimum absolute atomic E-state index is 0.0536. The summed E-state index contributed by atoms with van der Waals surface area (Å²) in [4.78, 5) is 28.2. The number of nitrogens with zero attached hydrogens (tertiary/aromatic N) is 1. The second kappa shape index (κ2) is 12.6. The second-order valence-electron chi connectivity index (χ2n) is 8.73. The molecular weight excluding hydrogens is 438 g/mol. The van der Waals surface area contributed by atoms with E-state index in [1.807, 2.05) is 48.5 Å². The van der Waals surface area contributed by atoms with E-state index in [0.29, 0.717) is 30.9 Å². The van der Waals surface area contributed by atoms with Gasteiger partial charge in [0.2, 0.25) is 5.91 Å². The van der Waals surface area contributed by atoms with Crippen molar-refractivity contribution in [2.75, 3.05) is 30.8 Å². The zero-order valence-corrected chi connectivity index (χ0v) is 20.8. The minimum atomic E-state index is -0.338. The topological polar surface area (TPSA) is 70.7 Å². The summed E-state index contributed by atoms with van der Waals surface area (Å²) in [5.41, 5.74) is 3.62. The lowest BCUT2D eigenvalue weighted by Crippen LogP contribution is -2.49. The zero-order chi connectivity index (χ0) is 25.2. The number of hydrogen-bond acceptors (Lipinski definition) is 3. The molecular formula is C29H35N3O3. The second-order valence-corrected chi connectivity index (χ2v) is 8.73. The summed E-state index contributed by atoms with van der Waals surface area (Å²) >= 11 is 0. The molecule has 3 amide bonds. The Morgan fingerprint density at radius 1 is 1.03 bits per heavy atom. The lowest BCUT2D eigenvalue weighted by atomic mass is 9.84. The third kappa shape index (κ3) is 7.09. The summed E-state index contributed by atoms with van der Waals surface area (Å²) < 4.78 is 5.37. The van der Waals surface area contributed by atoms with Crippen molar-refractivity contribution in [3.8, 4) is 5.75 Å². The quantitative estimate of drug-likeness (QED) is 0.444. The first-order valence-electron chi connectivity index (χ1n) is 12.0. The van der Waals surface area contributed by atoms with Gasteiger partial charge in [0.15, 0.2) is 0 Å². The highest BCUT2D eigenvalue weighted by atomic mass is 16.5. The molecule has 2 aromatic carbocycles. The minimum Gasteiger partial charge on any atom is -0.495 e. The number of carbonyl (C=O) groups is 2. The highest BCUT2D eigenvalue weighted by Gasteiger charge is 2.34. The van der Waals surface area contributed by atoms with Crippen LogP contribution in [0.2, 0.25) is 0 Å². The molecule has 2 atom stereocenters. The van der Waals surface area contributed by atoms with Crippen LogP contribution in [0.15, 0.2) is 90.6 Å². The first kappa shape index (κ1) is 25.8. The number of anilines is 2. The van der Waals surface area contributed by atoms with Gasteiger partial charge in [0.25, 0.3) is 0 Å². The Bertz CT molecular complexity index is 1090. The summed E-state index contributed by atoms with van der Waals surface area (Å²) in [6.45, 7) is 8.88. The normalized spacial score (nSPS) is 18.5. The molecule has 35 heavy (non-hydrogen) atoms. The Morgan fingerprint density at radius 3 is 2.40 bits per heavy atom. The molecule has 6 nitrogen and oxygen atoms in total. The van der Waals surface area contributed by atoms with Gasteiger partial charge in [-0.2, -0.15) is 0 Å². The monoisotopic (exact) mass is 473 g/mol. The molecule has 0 aliphatic carbocycles. The molecule has 1 fully saturated rings. The number of piperidine rings is 1. The van der Waals surface area contributed by atoms with E-state index in [0.717, 1.165) is 23.3 Å². The first-order chi connectivity index (χ1) is 16.9. The van der Waals surface area contributed by atoms with E-state index in [4.69, 9.17) is 4.74 Å². The lowest BCUT2D eigenvalue weighted by Gasteiger charge is -2.37. The van der Waals surface area contributed by atoms with Crippen LogP contribution in [0.3, 0.4) is 0 Å². The van der Waals surface area contributed by atoms with Crippen LogP contribution in [0.1, 0.15) is 26.7 Å². The Morgan fingerprint density at radius 2 is 1.71 bits per heavy atom. The highest BCUT2D eigenvalue weighted by molar-refractivity contribution is 5.94. The predicted octanol–water partition coefficient (Wildman–Crippen LogP) is 6.27. The van der Waals surface area contributed by atoms with Crippen LogP contribution in [0.25, 0.3) is 0 Å². The maximum absolute atomic E-state index is 13.3. The van der Waals surface area contributed by atoms with Crippen LogP contribution in [0.4, 0.5) is 16.2 Å². The third-order valence-electron chi connectivity index (χ3n) is 6.37. The van der Waals surface area contributed by atoms with Gasteiger partial charge < -0.3 is 20.3 Å². The number of rotatable bonds is 8. The lowest BCUT2D eigenvalue weighted by molar-refractivity contribution is -0.121. The fourth-order valence-electron chi connectivity index (χ4n) is 4.20. The Hall–Kier alpha value is -3.80. The number of urea groups is 1. The van der Waals surface area contributed by atoms with E-state index in [1.165, 1.54) is 0 Å². The Kier molecular flexibility index (Phi) is 9.30. The van der Waals surface area contributed by atoms with E-state index in [9.17, 15) is 9.59 Å². The van der Waals surface area contributed by atoms with Crippen molar-refractivity contribution in [3.05, 3.63) is 90.6 Å². The van der Waals surface area contributed by atoms with Crippen molar-refractivity contribution < 1.29 is 14.3 Å². The molecule has 1 aliphatic heterocycles. The van der Waals surface area contributed by atoms with E-state index in [1.54, 1.807) is 24.1 Å². The zero-order valence-electron chi connectivity index (χ0n) is 20.8. The van der Waals surface area contributed by atoms with Crippen LogP contribution < -0.4 is 15.4 Å². The molecule has 0 radical (unpaired) electrons. The fourth-order valence-corrected chi connectivity index (χ4v) is 4.20. The van der Waals surface area contributed by atoms with Crippen LogP contribution in [0, 0.1) is 11.8 Å². The van der Waals surface area contributed by atoms with Crippen molar-refractivity contribution in [3.63, 3.8) is 0 Å². The summed E-state index contributed by atoms with van der Waals surface area (Å²) in [7, 11) is 1.57. The summed E-state index contributed by atoms with van der Waals surface area (Å²) in [6.07, 6.45) is 7.57. The van der Waals surface area contributed by atoms with Crippen LogP contribution >= 0.6 is 0 Å². The van der Waals surface area contributed by atoms with Gasteiger partial charge in [0.05, 0.1) is 18.7 Å². The van der Waals surface area contributed by atoms with Gasteiger partial charge in [-0.05, 0) is 55.5 Å². The molecule has 2 N–H and O–H groups in total. The van der Waals surface area contributed by atoms with Gasteiger partial charge in [-0.15, -0.1) is 0 Å². The molecule has 0 aromatic heterocycles. The van der Waals surface area contributed by atoms with Gasteiger partial charge in [-0.1, -0.05) is 67.6 Å². The van der Waals surface area contributed by atoms with Crippen molar-refractivity contribution in [1.82, 2.24) is 4.90 Å². The molecule has 1 heterocycles. The molecule has 6 heteroatoms. The maximum atomic E-state index is 13.3. The van der Waals surface area contributed by atoms with Gasteiger partial charge in [0, 0.05) is 18.8 Å². The number of hydrogen-bond donors (Lipinski definition) is 2. The van der Waals surface area contributed by atoms with Crippen molar-refractivity contribution in [2.45, 2.75) is 26.7 Å². The molecule has 0 saturated carbocycles. The van der Waals surface area contributed by atoms with Crippen LogP contribution in [0.5, 0.6) is 5.75 Å². The molecule has 0 spiro atoms. The standard InChI is InChI=1S/C29H35N3O3/c1-5-22(6-2)17-16-21(3)23-18-24(28(33)30-25-12-8-7-9-13-25)20-32(19-23)29(34)31-26-14-10-11-15-27(26)35-4/h5,7-17,23-24H,1,6,18-20H2,2-4H3,(H,30,33)(H,31,34)/b21-16+,22-17+. The average Bonchev–Trinajstić information content (AvgIpc) is 2.89. The van der Waals surface area contributed by atoms with Crippen molar-refractivity contribution in [1.29, 1.82) is 0 Å². The highest BCUT2D eigenvalue weighted by Crippen LogP contribution is 2.30. The molecule has 0 bridgehead atoms. The van der Waals surface area contributed by atoms with Gasteiger partial charge >= 0.3 is 6.03 Å². The van der Waals surface area contributed by atoms with Crippen molar-refractivity contribution in [2.24, 2.45) is 11.8 Å². The number of para-hydroxylation sites is 3. The number of benzene rings is 2.